The van der Waals surface area contributed by atoms with Gasteiger partial charge in [-0.1, -0.05) is 20.8 Å². The summed E-state index contributed by atoms with van der Waals surface area (Å²) in [6.45, 7) is 8.07. The second-order valence-electron chi connectivity index (χ2n) is 5.66. The van der Waals surface area contributed by atoms with Crippen molar-refractivity contribution in [2.75, 3.05) is 0 Å². The minimum atomic E-state index is -1.24. The van der Waals surface area contributed by atoms with Crippen molar-refractivity contribution in [2.24, 2.45) is 11.3 Å². The van der Waals surface area contributed by atoms with Gasteiger partial charge in [0.2, 0.25) is 0 Å². The van der Waals surface area contributed by atoms with E-state index in [0.717, 1.165) is 12.8 Å². The van der Waals surface area contributed by atoms with Gasteiger partial charge in [-0.3, -0.25) is 0 Å². The fraction of sp³-hybridized carbons (Fsp3) is 0.833. The maximum Gasteiger partial charge on any atom is 0.127 e. The van der Waals surface area contributed by atoms with Gasteiger partial charge in [-0.05, 0) is 43.6 Å². The SMILES string of the molecule is CC1(O)CCC(C(C)(C)C)CC=C1F. The van der Waals surface area contributed by atoms with E-state index in [9.17, 15) is 9.50 Å². The lowest BCUT2D eigenvalue weighted by Gasteiger charge is -2.30. The third kappa shape index (κ3) is 2.57. The first-order valence-corrected chi connectivity index (χ1v) is 5.32. The molecule has 0 radical (unpaired) electrons. The van der Waals surface area contributed by atoms with Crippen molar-refractivity contribution < 1.29 is 9.50 Å². The zero-order valence-electron chi connectivity index (χ0n) is 9.60. The van der Waals surface area contributed by atoms with Gasteiger partial charge in [0, 0.05) is 0 Å². The van der Waals surface area contributed by atoms with E-state index in [1.807, 2.05) is 0 Å². The molecule has 0 aliphatic heterocycles. The molecule has 0 amide bonds. The topological polar surface area (TPSA) is 20.2 Å². The van der Waals surface area contributed by atoms with Gasteiger partial charge in [0.05, 0.1) is 0 Å². The number of hydrogen-bond donors (Lipinski definition) is 1. The molecule has 1 nitrogen and oxygen atoms in total. The van der Waals surface area contributed by atoms with Crippen LogP contribution in [-0.4, -0.2) is 10.7 Å². The summed E-state index contributed by atoms with van der Waals surface area (Å²) < 4.78 is 13.4. The molecule has 1 aliphatic rings. The van der Waals surface area contributed by atoms with E-state index in [1.54, 1.807) is 13.0 Å². The third-order valence-corrected chi connectivity index (χ3v) is 3.30. The fourth-order valence-corrected chi connectivity index (χ4v) is 1.94. The first kappa shape index (κ1) is 11.7. The molecule has 0 aromatic heterocycles. The highest BCUT2D eigenvalue weighted by Gasteiger charge is 2.33. The molecule has 0 bridgehead atoms. The minimum Gasteiger partial charge on any atom is -0.383 e. The number of rotatable bonds is 0. The largest absolute Gasteiger partial charge is 0.383 e. The summed E-state index contributed by atoms with van der Waals surface area (Å²) in [7, 11) is 0. The highest BCUT2D eigenvalue weighted by atomic mass is 19.1. The summed E-state index contributed by atoms with van der Waals surface area (Å²) in [5.74, 6) is 0.103. The summed E-state index contributed by atoms with van der Waals surface area (Å²) >= 11 is 0. The summed E-state index contributed by atoms with van der Waals surface area (Å²) in [6, 6.07) is 0. The molecule has 0 spiro atoms. The van der Waals surface area contributed by atoms with Crippen LogP contribution in [0.5, 0.6) is 0 Å². The molecule has 0 fully saturated rings. The smallest absolute Gasteiger partial charge is 0.127 e. The minimum absolute atomic E-state index is 0.192. The van der Waals surface area contributed by atoms with Gasteiger partial charge in [0.25, 0.3) is 0 Å². The zero-order valence-corrected chi connectivity index (χ0v) is 9.60. The van der Waals surface area contributed by atoms with E-state index < -0.39 is 5.60 Å². The molecule has 0 aromatic carbocycles. The van der Waals surface area contributed by atoms with Crippen LogP contribution in [0.2, 0.25) is 0 Å². The normalized spacial score (nSPS) is 35.0. The van der Waals surface area contributed by atoms with Crippen molar-refractivity contribution in [1.82, 2.24) is 0 Å². The number of allylic oxidation sites excluding steroid dienone is 1. The summed E-state index contributed by atoms with van der Waals surface area (Å²) in [6.07, 6.45) is 3.71. The maximum atomic E-state index is 13.4. The van der Waals surface area contributed by atoms with Crippen LogP contribution >= 0.6 is 0 Å². The maximum absolute atomic E-state index is 13.4. The predicted octanol–water partition coefficient (Wildman–Crippen LogP) is 3.44. The van der Waals surface area contributed by atoms with Crippen LogP contribution in [0.15, 0.2) is 11.9 Å². The van der Waals surface area contributed by atoms with Gasteiger partial charge in [-0.15, -0.1) is 0 Å². The van der Waals surface area contributed by atoms with Crippen LogP contribution < -0.4 is 0 Å². The Kier molecular flexibility index (Phi) is 3.05. The Labute approximate surface area is 86.0 Å². The first-order chi connectivity index (χ1) is 6.23. The van der Waals surface area contributed by atoms with E-state index in [0.29, 0.717) is 12.3 Å². The average Bonchev–Trinajstić information content (AvgIpc) is 2.11. The molecule has 2 unspecified atom stereocenters. The van der Waals surface area contributed by atoms with Crippen molar-refractivity contribution in [1.29, 1.82) is 0 Å². The summed E-state index contributed by atoms with van der Waals surface area (Å²) in [5, 5.41) is 9.76. The van der Waals surface area contributed by atoms with E-state index in [2.05, 4.69) is 20.8 Å². The molecule has 1 aliphatic carbocycles. The zero-order chi connectivity index (χ0) is 11.0. The monoisotopic (exact) mass is 200 g/mol. The lowest BCUT2D eigenvalue weighted by atomic mass is 9.76. The molecule has 82 valence electrons. The number of hydrogen-bond acceptors (Lipinski definition) is 1. The summed E-state index contributed by atoms with van der Waals surface area (Å²) in [4.78, 5) is 0. The number of aliphatic hydroxyl groups is 1. The second kappa shape index (κ2) is 3.65. The molecule has 2 heteroatoms. The molecule has 2 atom stereocenters. The standard InChI is InChI=1S/C12H21FO/c1-11(2,3)9-5-6-10(13)12(4,14)8-7-9/h6,9,14H,5,7-8H2,1-4H3. The Morgan fingerprint density at radius 1 is 1.50 bits per heavy atom. The second-order valence-corrected chi connectivity index (χ2v) is 5.66. The molecule has 0 heterocycles. The quantitative estimate of drug-likeness (QED) is 0.635. The Morgan fingerprint density at radius 2 is 2.07 bits per heavy atom. The first-order valence-electron chi connectivity index (χ1n) is 5.32. The number of halogens is 1. The van der Waals surface area contributed by atoms with Gasteiger partial charge in [0.1, 0.15) is 11.4 Å². The van der Waals surface area contributed by atoms with Gasteiger partial charge >= 0.3 is 0 Å². The van der Waals surface area contributed by atoms with Gasteiger partial charge in [0.15, 0.2) is 0 Å². The highest BCUT2D eigenvalue weighted by Crippen LogP contribution is 2.39. The lowest BCUT2D eigenvalue weighted by molar-refractivity contribution is 0.0571. The van der Waals surface area contributed by atoms with Crippen molar-refractivity contribution in [3.63, 3.8) is 0 Å². The van der Waals surface area contributed by atoms with E-state index >= 15 is 0 Å². The van der Waals surface area contributed by atoms with Crippen molar-refractivity contribution in [3.05, 3.63) is 11.9 Å². The van der Waals surface area contributed by atoms with Gasteiger partial charge in [-0.2, -0.15) is 0 Å². The molecule has 1 N–H and O–H groups in total. The molecule has 0 saturated heterocycles. The van der Waals surface area contributed by atoms with Crippen LogP contribution in [0.4, 0.5) is 4.39 Å². The average molecular weight is 200 g/mol. The van der Waals surface area contributed by atoms with E-state index in [4.69, 9.17) is 0 Å². The van der Waals surface area contributed by atoms with E-state index in [-0.39, 0.29) is 11.2 Å². The Hall–Kier alpha value is -0.370. The van der Waals surface area contributed by atoms with Gasteiger partial charge < -0.3 is 5.11 Å². The molecule has 1 rings (SSSR count). The van der Waals surface area contributed by atoms with Crippen molar-refractivity contribution in [2.45, 2.75) is 52.6 Å². The van der Waals surface area contributed by atoms with Crippen molar-refractivity contribution >= 4 is 0 Å². The third-order valence-electron chi connectivity index (χ3n) is 3.30. The molecular formula is C12H21FO. The molecule has 14 heavy (non-hydrogen) atoms. The Bertz CT molecular complexity index is 235. The summed E-state index contributed by atoms with van der Waals surface area (Å²) in [5.41, 5.74) is -1.04. The molecular weight excluding hydrogens is 179 g/mol. The van der Waals surface area contributed by atoms with Gasteiger partial charge in [-0.25, -0.2) is 4.39 Å². The highest BCUT2D eigenvalue weighted by molar-refractivity contribution is 5.10. The van der Waals surface area contributed by atoms with Crippen LogP contribution in [0.25, 0.3) is 0 Å². The fourth-order valence-electron chi connectivity index (χ4n) is 1.94. The Morgan fingerprint density at radius 3 is 2.57 bits per heavy atom. The van der Waals surface area contributed by atoms with Crippen molar-refractivity contribution in [3.8, 4) is 0 Å². The van der Waals surface area contributed by atoms with Crippen LogP contribution in [0.3, 0.4) is 0 Å². The van der Waals surface area contributed by atoms with Crippen LogP contribution in [0, 0.1) is 11.3 Å². The lowest BCUT2D eigenvalue weighted by Crippen LogP contribution is -2.26. The Balaban J connectivity index is 2.77. The van der Waals surface area contributed by atoms with Crippen LogP contribution in [0.1, 0.15) is 47.0 Å². The predicted molar refractivity (Wildman–Crippen MR) is 56.6 cm³/mol. The molecule has 0 aromatic rings. The van der Waals surface area contributed by atoms with Crippen LogP contribution in [-0.2, 0) is 0 Å². The molecule has 0 saturated carbocycles. The van der Waals surface area contributed by atoms with E-state index in [1.165, 1.54) is 0 Å².